The number of thiophene rings is 1. The summed E-state index contributed by atoms with van der Waals surface area (Å²) in [7, 11) is 0. The molecule has 0 saturated heterocycles. The number of hydrogen-bond acceptors (Lipinski definition) is 3. The van der Waals surface area contributed by atoms with E-state index in [1.807, 2.05) is 24.0 Å². The van der Waals surface area contributed by atoms with Crippen molar-refractivity contribution in [1.82, 2.24) is 0 Å². The minimum Gasteiger partial charge on any atom is -0.480 e. The Hall–Kier alpha value is -1.52. The van der Waals surface area contributed by atoms with Crippen molar-refractivity contribution in [3.05, 3.63) is 51.2 Å². The fraction of sp³-hybridized carbons (Fsp3) is 0.312. The highest BCUT2D eigenvalue weighted by Gasteiger charge is 2.20. The molecular weight excluding hydrogens is 306 g/mol. The number of rotatable bonds is 6. The summed E-state index contributed by atoms with van der Waals surface area (Å²) in [6, 6.07) is 11.5. The number of aliphatic carboxylic acids is 1. The van der Waals surface area contributed by atoms with Gasteiger partial charge in [0.05, 0.1) is 6.04 Å². The predicted octanol–water partition coefficient (Wildman–Crippen LogP) is 4.62. The molecule has 1 unspecified atom stereocenters. The van der Waals surface area contributed by atoms with Crippen molar-refractivity contribution in [3.63, 3.8) is 0 Å². The van der Waals surface area contributed by atoms with Crippen LogP contribution >= 0.6 is 22.9 Å². The summed E-state index contributed by atoms with van der Waals surface area (Å²) in [5, 5.41) is 9.83. The highest BCUT2D eigenvalue weighted by Crippen LogP contribution is 2.32. The highest BCUT2D eigenvalue weighted by molar-refractivity contribution is 7.12. The van der Waals surface area contributed by atoms with Crippen LogP contribution in [-0.4, -0.2) is 17.6 Å². The van der Waals surface area contributed by atoms with E-state index in [1.54, 1.807) is 23.5 Å². The van der Waals surface area contributed by atoms with Gasteiger partial charge in [-0.3, -0.25) is 4.79 Å². The second kappa shape index (κ2) is 6.96. The molecule has 2 rings (SSSR count). The lowest BCUT2D eigenvalue weighted by Crippen LogP contribution is -2.31. The molecule has 0 aliphatic carbocycles. The maximum Gasteiger partial charge on any atom is 0.323 e. The van der Waals surface area contributed by atoms with E-state index in [1.165, 1.54) is 9.75 Å². The Morgan fingerprint density at radius 1 is 1.29 bits per heavy atom. The minimum atomic E-state index is -0.843. The molecule has 21 heavy (non-hydrogen) atoms. The maximum absolute atomic E-state index is 11.2. The molecule has 1 atom stereocenters. The zero-order valence-electron chi connectivity index (χ0n) is 12.0. The van der Waals surface area contributed by atoms with E-state index >= 15 is 0 Å². The topological polar surface area (TPSA) is 40.5 Å². The number of carboxylic acid groups (broad SMARTS) is 1. The van der Waals surface area contributed by atoms with Gasteiger partial charge in [0.2, 0.25) is 0 Å². The summed E-state index contributed by atoms with van der Waals surface area (Å²) >= 11 is 7.64. The van der Waals surface area contributed by atoms with Crippen LogP contribution in [0.5, 0.6) is 0 Å². The molecule has 0 amide bonds. The maximum atomic E-state index is 11.2. The molecule has 0 aliphatic rings. The molecule has 2 aromatic rings. The number of anilines is 1. The van der Waals surface area contributed by atoms with E-state index in [2.05, 4.69) is 19.1 Å². The van der Waals surface area contributed by atoms with Gasteiger partial charge in [-0.2, -0.15) is 0 Å². The van der Waals surface area contributed by atoms with Crippen LogP contribution in [0.25, 0.3) is 0 Å². The number of carbonyl (C=O) groups is 1. The molecule has 0 bridgehead atoms. The zero-order valence-corrected chi connectivity index (χ0v) is 13.6. The first-order valence-corrected chi connectivity index (χ1v) is 8.03. The Bertz CT molecular complexity index is 609. The monoisotopic (exact) mass is 323 g/mol. The van der Waals surface area contributed by atoms with Gasteiger partial charge in [0.1, 0.15) is 6.54 Å². The van der Waals surface area contributed by atoms with E-state index in [0.29, 0.717) is 5.02 Å². The third-order valence-electron chi connectivity index (χ3n) is 3.37. The van der Waals surface area contributed by atoms with Crippen LogP contribution in [0.15, 0.2) is 36.4 Å². The number of halogens is 1. The van der Waals surface area contributed by atoms with Gasteiger partial charge in [0.25, 0.3) is 0 Å². The smallest absolute Gasteiger partial charge is 0.323 e. The van der Waals surface area contributed by atoms with Crippen LogP contribution in [0, 0.1) is 0 Å². The molecule has 1 heterocycles. The van der Waals surface area contributed by atoms with E-state index in [0.717, 1.165) is 12.1 Å². The lowest BCUT2D eigenvalue weighted by Gasteiger charge is -2.29. The molecule has 5 heteroatoms. The third kappa shape index (κ3) is 3.99. The van der Waals surface area contributed by atoms with E-state index in [9.17, 15) is 9.90 Å². The first-order chi connectivity index (χ1) is 10.0. The van der Waals surface area contributed by atoms with Crippen molar-refractivity contribution in [2.75, 3.05) is 11.4 Å². The van der Waals surface area contributed by atoms with Gasteiger partial charge >= 0.3 is 5.97 Å². The van der Waals surface area contributed by atoms with Crippen LogP contribution in [-0.2, 0) is 11.2 Å². The summed E-state index contributed by atoms with van der Waals surface area (Å²) in [5.74, 6) is -0.843. The Labute approximate surface area is 133 Å². The average molecular weight is 324 g/mol. The molecule has 1 N–H and O–H groups in total. The van der Waals surface area contributed by atoms with Gasteiger partial charge in [-0.1, -0.05) is 18.5 Å². The Morgan fingerprint density at radius 2 is 1.95 bits per heavy atom. The first-order valence-electron chi connectivity index (χ1n) is 6.84. The number of aryl methyl sites for hydroxylation is 1. The fourth-order valence-corrected chi connectivity index (χ4v) is 3.34. The van der Waals surface area contributed by atoms with Crippen molar-refractivity contribution in [1.29, 1.82) is 0 Å². The Balaban J connectivity index is 2.30. The van der Waals surface area contributed by atoms with Gasteiger partial charge in [-0.15, -0.1) is 11.3 Å². The number of benzene rings is 1. The fourth-order valence-electron chi connectivity index (χ4n) is 2.19. The van der Waals surface area contributed by atoms with Gasteiger partial charge in [0, 0.05) is 20.5 Å². The third-order valence-corrected chi connectivity index (χ3v) is 5.03. The van der Waals surface area contributed by atoms with Crippen molar-refractivity contribution < 1.29 is 9.90 Å². The molecule has 1 aromatic heterocycles. The van der Waals surface area contributed by atoms with Crippen molar-refractivity contribution in [2.24, 2.45) is 0 Å². The van der Waals surface area contributed by atoms with Crippen molar-refractivity contribution in [3.8, 4) is 0 Å². The normalized spacial score (nSPS) is 12.1. The minimum absolute atomic E-state index is 0.00701. The van der Waals surface area contributed by atoms with Crippen LogP contribution in [0.2, 0.25) is 5.02 Å². The molecule has 0 saturated carbocycles. The lowest BCUT2D eigenvalue weighted by molar-refractivity contribution is -0.135. The molecular formula is C16H18ClNO2S. The van der Waals surface area contributed by atoms with Crippen LogP contribution in [0.4, 0.5) is 5.69 Å². The van der Waals surface area contributed by atoms with Crippen LogP contribution in [0.1, 0.15) is 29.6 Å². The van der Waals surface area contributed by atoms with Gasteiger partial charge in [-0.25, -0.2) is 0 Å². The van der Waals surface area contributed by atoms with Gasteiger partial charge < -0.3 is 10.0 Å². The summed E-state index contributed by atoms with van der Waals surface area (Å²) in [4.78, 5) is 15.5. The molecule has 112 valence electrons. The molecule has 1 aromatic carbocycles. The van der Waals surface area contributed by atoms with E-state index < -0.39 is 5.97 Å². The van der Waals surface area contributed by atoms with Crippen LogP contribution < -0.4 is 4.90 Å². The summed E-state index contributed by atoms with van der Waals surface area (Å²) < 4.78 is 0. The molecule has 0 radical (unpaired) electrons. The second-order valence-corrected chi connectivity index (χ2v) is 6.47. The van der Waals surface area contributed by atoms with Gasteiger partial charge in [0.15, 0.2) is 0 Å². The van der Waals surface area contributed by atoms with Crippen LogP contribution in [0.3, 0.4) is 0 Å². The lowest BCUT2D eigenvalue weighted by atomic mass is 10.2. The summed E-state index contributed by atoms with van der Waals surface area (Å²) in [6.07, 6.45) is 0.997. The standard InChI is InChI=1S/C16H18ClNO2S/c1-3-14-8-9-15(21-14)11(2)18(10-16(19)20)13-6-4-12(17)5-7-13/h4-9,11H,3,10H2,1-2H3,(H,19,20). The Kier molecular flexibility index (Phi) is 5.26. The van der Waals surface area contributed by atoms with Crippen molar-refractivity contribution in [2.45, 2.75) is 26.3 Å². The quantitative estimate of drug-likeness (QED) is 0.843. The second-order valence-electron chi connectivity index (χ2n) is 4.83. The average Bonchev–Trinajstić information content (AvgIpc) is 2.94. The zero-order chi connectivity index (χ0) is 15.4. The van der Waals surface area contributed by atoms with Crippen molar-refractivity contribution >= 4 is 34.6 Å². The summed E-state index contributed by atoms with van der Waals surface area (Å²) in [6.45, 7) is 4.11. The Morgan fingerprint density at radius 3 is 2.48 bits per heavy atom. The largest absolute Gasteiger partial charge is 0.480 e. The number of nitrogens with zero attached hydrogens (tertiary/aromatic N) is 1. The SMILES string of the molecule is CCc1ccc(C(C)N(CC(=O)O)c2ccc(Cl)cc2)s1. The predicted molar refractivity (Wildman–Crippen MR) is 88.5 cm³/mol. The molecule has 0 fully saturated rings. The first kappa shape index (κ1) is 15.9. The van der Waals surface area contributed by atoms with Gasteiger partial charge in [-0.05, 0) is 49.7 Å². The van der Waals surface area contributed by atoms with E-state index in [4.69, 9.17) is 11.6 Å². The molecule has 3 nitrogen and oxygen atoms in total. The van der Waals surface area contributed by atoms with E-state index in [-0.39, 0.29) is 12.6 Å². The highest BCUT2D eigenvalue weighted by atomic mass is 35.5. The number of hydrogen-bond donors (Lipinski definition) is 1. The summed E-state index contributed by atoms with van der Waals surface area (Å²) in [5.41, 5.74) is 0.862. The number of carboxylic acids is 1. The molecule has 0 aliphatic heterocycles. The molecule has 0 spiro atoms.